The molecular formula is C12H23NO3. The van der Waals surface area contributed by atoms with E-state index >= 15 is 0 Å². The van der Waals surface area contributed by atoms with Crippen LogP contribution in [0.15, 0.2) is 0 Å². The maximum atomic E-state index is 10.9. The number of aliphatic hydroxyl groups is 1. The summed E-state index contributed by atoms with van der Waals surface area (Å²) >= 11 is 0. The summed E-state index contributed by atoms with van der Waals surface area (Å²) in [6, 6.07) is -0.518. The molecule has 4 heteroatoms. The Morgan fingerprint density at radius 3 is 2.50 bits per heavy atom. The normalized spacial score (nSPS) is 21.6. The van der Waals surface area contributed by atoms with Gasteiger partial charge in [-0.1, -0.05) is 32.6 Å². The van der Waals surface area contributed by atoms with E-state index in [0.29, 0.717) is 13.0 Å². The minimum atomic E-state index is -0.818. The number of hydrogen-bond acceptors (Lipinski definition) is 3. The van der Waals surface area contributed by atoms with Crippen LogP contribution in [0.2, 0.25) is 0 Å². The number of nitrogens with one attached hydrogen (secondary N) is 1. The molecule has 3 N–H and O–H groups in total. The van der Waals surface area contributed by atoms with Crippen molar-refractivity contribution in [3.8, 4) is 0 Å². The highest BCUT2D eigenvalue weighted by Gasteiger charge is 2.30. The van der Waals surface area contributed by atoms with Crippen molar-refractivity contribution in [2.45, 2.75) is 63.5 Å². The molecule has 1 atom stereocenters. The third-order valence-electron chi connectivity index (χ3n) is 3.34. The Labute approximate surface area is 97.0 Å². The minimum absolute atomic E-state index is 0.407. The average Bonchev–Trinajstić information content (AvgIpc) is 2.25. The fourth-order valence-corrected chi connectivity index (χ4v) is 2.30. The summed E-state index contributed by atoms with van der Waals surface area (Å²) in [4.78, 5) is 10.9. The molecule has 0 saturated heterocycles. The van der Waals surface area contributed by atoms with Crippen molar-refractivity contribution in [1.82, 2.24) is 5.32 Å². The molecule has 0 amide bonds. The topological polar surface area (TPSA) is 69.6 Å². The minimum Gasteiger partial charge on any atom is -0.480 e. The lowest BCUT2D eigenvalue weighted by molar-refractivity contribution is -0.140. The van der Waals surface area contributed by atoms with Crippen LogP contribution in [0.25, 0.3) is 0 Å². The van der Waals surface area contributed by atoms with Crippen molar-refractivity contribution in [1.29, 1.82) is 0 Å². The molecule has 1 fully saturated rings. The Balaban J connectivity index is 2.37. The molecule has 1 saturated carbocycles. The number of rotatable bonds is 6. The summed E-state index contributed by atoms with van der Waals surface area (Å²) < 4.78 is 0. The molecule has 4 nitrogen and oxygen atoms in total. The Hall–Kier alpha value is -0.610. The van der Waals surface area contributed by atoms with Crippen molar-refractivity contribution >= 4 is 5.97 Å². The molecule has 0 radical (unpaired) electrons. The predicted octanol–water partition coefficient (Wildman–Crippen LogP) is 1.52. The molecule has 0 aromatic heterocycles. The maximum Gasteiger partial charge on any atom is 0.320 e. The number of carboxylic acid groups (broad SMARTS) is 1. The van der Waals surface area contributed by atoms with Gasteiger partial charge in [0.2, 0.25) is 0 Å². The third kappa shape index (κ3) is 4.10. The number of carbonyl (C=O) groups is 1. The molecule has 1 aliphatic rings. The van der Waals surface area contributed by atoms with Gasteiger partial charge in [-0.2, -0.15) is 0 Å². The Kier molecular flexibility index (Phi) is 5.22. The molecule has 16 heavy (non-hydrogen) atoms. The molecule has 94 valence electrons. The van der Waals surface area contributed by atoms with Crippen LogP contribution in [-0.2, 0) is 4.79 Å². The largest absolute Gasteiger partial charge is 0.480 e. The van der Waals surface area contributed by atoms with E-state index in [2.05, 4.69) is 5.32 Å². The number of aliphatic carboxylic acids is 1. The van der Waals surface area contributed by atoms with E-state index in [1.54, 1.807) is 0 Å². The van der Waals surface area contributed by atoms with Gasteiger partial charge in [-0.3, -0.25) is 4.79 Å². The first-order valence-corrected chi connectivity index (χ1v) is 6.26. The molecule has 0 spiro atoms. The van der Waals surface area contributed by atoms with E-state index in [4.69, 9.17) is 5.11 Å². The van der Waals surface area contributed by atoms with Crippen LogP contribution in [0, 0.1) is 0 Å². The van der Waals surface area contributed by atoms with Gasteiger partial charge in [-0.25, -0.2) is 0 Å². The smallest absolute Gasteiger partial charge is 0.320 e. The molecule has 0 heterocycles. The summed E-state index contributed by atoms with van der Waals surface area (Å²) in [6.45, 7) is 2.37. The van der Waals surface area contributed by atoms with E-state index < -0.39 is 17.6 Å². The highest BCUT2D eigenvalue weighted by Crippen LogP contribution is 2.27. The van der Waals surface area contributed by atoms with Crippen LogP contribution < -0.4 is 5.32 Å². The van der Waals surface area contributed by atoms with Crippen LogP contribution in [0.1, 0.15) is 51.9 Å². The quantitative estimate of drug-likeness (QED) is 0.646. The lowest BCUT2D eigenvalue weighted by Crippen LogP contribution is -2.48. The van der Waals surface area contributed by atoms with Crippen molar-refractivity contribution < 1.29 is 15.0 Å². The van der Waals surface area contributed by atoms with Gasteiger partial charge in [-0.15, -0.1) is 0 Å². The Morgan fingerprint density at radius 2 is 2.00 bits per heavy atom. The van der Waals surface area contributed by atoms with Gasteiger partial charge in [0.25, 0.3) is 0 Å². The fourth-order valence-electron chi connectivity index (χ4n) is 2.30. The molecule has 0 aromatic rings. The first kappa shape index (κ1) is 13.5. The molecular weight excluding hydrogens is 206 g/mol. The SMILES string of the molecule is CCCC(NCC1(O)CCCCC1)C(=O)O. The maximum absolute atomic E-state index is 10.9. The standard InChI is InChI=1S/C12H23NO3/c1-2-6-10(11(14)15)13-9-12(16)7-4-3-5-8-12/h10,13,16H,2-9H2,1H3,(H,14,15). The lowest BCUT2D eigenvalue weighted by atomic mass is 9.84. The van der Waals surface area contributed by atoms with Crippen LogP contribution in [-0.4, -0.2) is 34.4 Å². The van der Waals surface area contributed by atoms with Crippen LogP contribution >= 0.6 is 0 Å². The summed E-state index contributed by atoms with van der Waals surface area (Å²) in [5.74, 6) is -0.818. The van der Waals surface area contributed by atoms with Gasteiger partial charge in [0, 0.05) is 6.54 Å². The van der Waals surface area contributed by atoms with Gasteiger partial charge >= 0.3 is 5.97 Å². The highest BCUT2D eigenvalue weighted by atomic mass is 16.4. The van der Waals surface area contributed by atoms with Crippen molar-refractivity contribution in [2.24, 2.45) is 0 Å². The number of hydrogen-bond donors (Lipinski definition) is 3. The zero-order valence-corrected chi connectivity index (χ0v) is 10.0. The Morgan fingerprint density at radius 1 is 1.38 bits per heavy atom. The molecule has 0 aliphatic heterocycles. The van der Waals surface area contributed by atoms with E-state index in [0.717, 1.165) is 32.1 Å². The second-order valence-electron chi connectivity index (χ2n) is 4.85. The van der Waals surface area contributed by atoms with Crippen molar-refractivity contribution in [3.63, 3.8) is 0 Å². The van der Waals surface area contributed by atoms with Gasteiger partial charge in [0.1, 0.15) is 6.04 Å². The van der Waals surface area contributed by atoms with Crippen LogP contribution in [0.3, 0.4) is 0 Å². The second kappa shape index (κ2) is 6.21. The highest BCUT2D eigenvalue weighted by molar-refractivity contribution is 5.73. The van der Waals surface area contributed by atoms with E-state index in [9.17, 15) is 9.90 Å². The third-order valence-corrected chi connectivity index (χ3v) is 3.34. The van der Waals surface area contributed by atoms with E-state index in [-0.39, 0.29) is 0 Å². The lowest BCUT2D eigenvalue weighted by Gasteiger charge is -2.33. The molecule has 1 aliphatic carbocycles. The van der Waals surface area contributed by atoms with Crippen molar-refractivity contribution in [2.75, 3.05) is 6.54 Å². The molecule has 1 rings (SSSR count). The zero-order chi connectivity index (χ0) is 12.0. The predicted molar refractivity (Wildman–Crippen MR) is 62.4 cm³/mol. The van der Waals surface area contributed by atoms with Crippen molar-refractivity contribution in [3.05, 3.63) is 0 Å². The first-order valence-electron chi connectivity index (χ1n) is 6.26. The fraction of sp³-hybridized carbons (Fsp3) is 0.917. The van der Waals surface area contributed by atoms with Gasteiger partial charge < -0.3 is 15.5 Å². The molecule has 0 bridgehead atoms. The average molecular weight is 229 g/mol. The van der Waals surface area contributed by atoms with E-state index in [1.807, 2.05) is 6.92 Å². The summed E-state index contributed by atoms with van der Waals surface area (Å²) in [5.41, 5.74) is -0.681. The van der Waals surface area contributed by atoms with Crippen LogP contribution in [0.5, 0.6) is 0 Å². The zero-order valence-electron chi connectivity index (χ0n) is 10.0. The summed E-state index contributed by atoms with van der Waals surface area (Å²) in [6.07, 6.45) is 6.30. The number of carboxylic acids is 1. The van der Waals surface area contributed by atoms with Crippen LogP contribution in [0.4, 0.5) is 0 Å². The molecule has 1 unspecified atom stereocenters. The monoisotopic (exact) mass is 229 g/mol. The molecule has 0 aromatic carbocycles. The second-order valence-corrected chi connectivity index (χ2v) is 4.85. The van der Waals surface area contributed by atoms with E-state index in [1.165, 1.54) is 6.42 Å². The Bertz CT molecular complexity index is 224. The summed E-state index contributed by atoms with van der Waals surface area (Å²) in [7, 11) is 0. The van der Waals surface area contributed by atoms with Gasteiger partial charge in [0.05, 0.1) is 5.60 Å². The van der Waals surface area contributed by atoms with Gasteiger partial charge in [0.15, 0.2) is 0 Å². The summed E-state index contributed by atoms with van der Waals surface area (Å²) in [5, 5.41) is 22.2. The first-order chi connectivity index (χ1) is 7.57. The van der Waals surface area contributed by atoms with Gasteiger partial charge in [-0.05, 0) is 19.3 Å².